The fourth-order valence-electron chi connectivity index (χ4n) is 1.81. The molecule has 0 amide bonds. The van der Waals surface area contributed by atoms with E-state index < -0.39 is 0 Å². The molecule has 4 heteroatoms. The largest absolute Gasteiger partial charge is 0.382 e. The second kappa shape index (κ2) is 4.49. The van der Waals surface area contributed by atoms with Gasteiger partial charge in [-0.05, 0) is 31.9 Å². The molecule has 0 unspecified atom stereocenters. The molecule has 1 heterocycles. The summed E-state index contributed by atoms with van der Waals surface area (Å²) in [6.07, 6.45) is 4.24. The normalized spacial score (nSPS) is 24.6. The van der Waals surface area contributed by atoms with E-state index in [1.807, 2.05) is 19.1 Å². The smallest absolute Gasteiger partial charge is 0.146 e. The fourth-order valence-corrected chi connectivity index (χ4v) is 1.81. The van der Waals surface area contributed by atoms with Gasteiger partial charge in [0.2, 0.25) is 0 Å². The van der Waals surface area contributed by atoms with Crippen LogP contribution in [0.1, 0.15) is 19.8 Å². The summed E-state index contributed by atoms with van der Waals surface area (Å²) in [5, 5.41) is 3.37. The third-order valence-electron chi connectivity index (χ3n) is 2.70. The first-order valence-electron chi connectivity index (χ1n) is 5.38. The first-order chi connectivity index (χ1) is 7.29. The lowest BCUT2D eigenvalue weighted by molar-refractivity contribution is 0.00300. The van der Waals surface area contributed by atoms with Gasteiger partial charge in [-0.2, -0.15) is 0 Å². The lowest BCUT2D eigenvalue weighted by Gasteiger charge is -2.36. The molecule has 2 rings (SSSR count). The van der Waals surface area contributed by atoms with Gasteiger partial charge in [0, 0.05) is 18.8 Å². The molecule has 0 spiro atoms. The van der Waals surface area contributed by atoms with E-state index in [0.717, 1.165) is 25.1 Å². The Labute approximate surface area is 89.8 Å². The number of aromatic nitrogens is 1. The van der Waals surface area contributed by atoms with Crippen LogP contribution in [-0.2, 0) is 4.74 Å². The number of hydrogen-bond acceptors (Lipinski definition) is 4. The van der Waals surface area contributed by atoms with Crippen molar-refractivity contribution in [1.82, 2.24) is 4.98 Å². The van der Waals surface area contributed by atoms with Crippen molar-refractivity contribution in [2.24, 2.45) is 0 Å². The summed E-state index contributed by atoms with van der Waals surface area (Å²) in [5.74, 6) is 0.567. The molecule has 15 heavy (non-hydrogen) atoms. The van der Waals surface area contributed by atoms with Crippen LogP contribution in [0, 0.1) is 0 Å². The zero-order valence-electron chi connectivity index (χ0n) is 8.94. The van der Waals surface area contributed by atoms with E-state index in [1.54, 1.807) is 6.20 Å². The topological polar surface area (TPSA) is 60.2 Å². The van der Waals surface area contributed by atoms with Crippen LogP contribution in [0.2, 0.25) is 0 Å². The molecule has 1 aromatic heterocycles. The van der Waals surface area contributed by atoms with Crippen molar-refractivity contribution in [2.75, 3.05) is 17.7 Å². The number of ether oxygens (including phenoxy) is 1. The van der Waals surface area contributed by atoms with Crippen molar-refractivity contribution >= 4 is 11.5 Å². The number of nitrogen functional groups attached to an aromatic ring is 1. The van der Waals surface area contributed by atoms with Gasteiger partial charge in [-0.15, -0.1) is 0 Å². The van der Waals surface area contributed by atoms with E-state index in [-0.39, 0.29) is 0 Å². The highest BCUT2D eigenvalue weighted by molar-refractivity contribution is 5.61. The number of nitrogens with one attached hydrogen (secondary N) is 1. The molecule has 82 valence electrons. The zero-order valence-corrected chi connectivity index (χ0v) is 8.94. The molecule has 0 atom stereocenters. The molecule has 0 aromatic carbocycles. The van der Waals surface area contributed by atoms with Gasteiger partial charge in [-0.25, -0.2) is 4.98 Å². The number of pyridine rings is 1. The van der Waals surface area contributed by atoms with Gasteiger partial charge < -0.3 is 15.8 Å². The van der Waals surface area contributed by atoms with Crippen LogP contribution in [0.15, 0.2) is 18.3 Å². The molecule has 1 saturated carbocycles. The maximum absolute atomic E-state index is 5.74. The van der Waals surface area contributed by atoms with Gasteiger partial charge in [0.05, 0.1) is 11.8 Å². The minimum atomic E-state index is 0.422. The second-order valence-corrected chi connectivity index (χ2v) is 3.83. The molecular weight excluding hydrogens is 190 g/mol. The molecule has 3 N–H and O–H groups in total. The number of hydrogen-bond donors (Lipinski definition) is 2. The summed E-state index contributed by atoms with van der Waals surface area (Å²) in [4.78, 5) is 4.03. The highest BCUT2D eigenvalue weighted by Crippen LogP contribution is 2.28. The van der Waals surface area contributed by atoms with Crippen molar-refractivity contribution in [3.8, 4) is 0 Å². The summed E-state index contributed by atoms with van der Waals surface area (Å²) in [7, 11) is 0. The third kappa shape index (κ3) is 2.39. The molecule has 0 saturated heterocycles. The van der Waals surface area contributed by atoms with Crippen molar-refractivity contribution < 1.29 is 4.74 Å². The Hall–Kier alpha value is -1.29. The highest BCUT2D eigenvalue weighted by atomic mass is 16.5. The minimum Gasteiger partial charge on any atom is -0.382 e. The van der Waals surface area contributed by atoms with Crippen LogP contribution in [-0.4, -0.2) is 23.7 Å². The maximum atomic E-state index is 5.74. The first kappa shape index (κ1) is 10.2. The van der Waals surface area contributed by atoms with Gasteiger partial charge in [-0.3, -0.25) is 0 Å². The summed E-state index contributed by atoms with van der Waals surface area (Å²) >= 11 is 0. The summed E-state index contributed by atoms with van der Waals surface area (Å²) in [6, 6.07) is 4.32. The second-order valence-electron chi connectivity index (χ2n) is 3.83. The highest BCUT2D eigenvalue weighted by Gasteiger charge is 2.29. The van der Waals surface area contributed by atoms with Crippen molar-refractivity contribution in [3.05, 3.63) is 18.3 Å². The fraction of sp³-hybridized carbons (Fsp3) is 0.545. The summed E-state index contributed by atoms with van der Waals surface area (Å²) < 4.78 is 5.49. The quantitative estimate of drug-likeness (QED) is 0.788. The van der Waals surface area contributed by atoms with E-state index in [0.29, 0.717) is 18.0 Å². The maximum Gasteiger partial charge on any atom is 0.146 e. The average molecular weight is 207 g/mol. The van der Waals surface area contributed by atoms with Crippen molar-refractivity contribution in [3.63, 3.8) is 0 Å². The number of rotatable bonds is 4. The van der Waals surface area contributed by atoms with Gasteiger partial charge in [0.25, 0.3) is 0 Å². The summed E-state index contributed by atoms with van der Waals surface area (Å²) in [5.41, 5.74) is 6.66. The number of nitrogens with zero attached hydrogens (tertiary/aromatic N) is 1. The number of nitrogens with two attached hydrogens (primary N) is 1. The molecule has 1 aromatic rings. The van der Waals surface area contributed by atoms with Crippen LogP contribution in [0.4, 0.5) is 11.5 Å². The third-order valence-corrected chi connectivity index (χ3v) is 2.70. The molecule has 0 bridgehead atoms. The Morgan fingerprint density at radius 1 is 1.60 bits per heavy atom. The molecule has 1 fully saturated rings. The Balaban J connectivity index is 1.82. The van der Waals surface area contributed by atoms with Gasteiger partial charge in [-0.1, -0.05) is 0 Å². The molecule has 4 nitrogen and oxygen atoms in total. The lowest BCUT2D eigenvalue weighted by Crippen LogP contribution is -2.40. The van der Waals surface area contributed by atoms with Crippen LogP contribution in [0.25, 0.3) is 0 Å². The summed E-state index contributed by atoms with van der Waals surface area (Å²) in [6.45, 7) is 2.83. The Kier molecular flexibility index (Phi) is 3.06. The molecule has 1 aliphatic carbocycles. The molecule has 0 radical (unpaired) electrons. The van der Waals surface area contributed by atoms with Gasteiger partial charge in [0.1, 0.15) is 5.82 Å². The van der Waals surface area contributed by atoms with Crippen molar-refractivity contribution in [2.45, 2.75) is 31.9 Å². The van der Waals surface area contributed by atoms with E-state index in [9.17, 15) is 0 Å². The number of anilines is 2. The Morgan fingerprint density at radius 3 is 3.07 bits per heavy atom. The van der Waals surface area contributed by atoms with Crippen LogP contribution in [0.3, 0.4) is 0 Å². The van der Waals surface area contributed by atoms with Gasteiger partial charge in [0.15, 0.2) is 0 Å². The molecular formula is C11H17N3O. The van der Waals surface area contributed by atoms with E-state index in [1.165, 1.54) is 0 Å². The van der Waals surface area contributed by atoms with Crippen LogP contribution >= 0.6 is 0 Å². The van der Waals surface area contributed by atoms with E-state index in [4.69, 9.17) is 10.5 Å². The molecule has 1 aliphatic rings. The van der Waals surface area contributed by atoms with Crippen molar-refractivity contribution in [1.29, 1.82) is 0 Å². The first-order valence-corrected chi connectivity index (χ1v) is 5.38. The predicted octanol–water partition coefficient (Wildman–Crippen LogP) is 1.64. The zero-order chi connectivity index (χ0) is 10.7. The van der Waals surface area contributed by atoms with E-state index >= 15 is 0 Å². The average Bonchev–Trinajstić information content (AvgIpc) is 2.18. The van der Waals surface area contributed by atoms with Crippen LogP contribution in [0.5, 0.6) is 0 Å². The van der Waals surface area contributed by atoms with Gasteiger partial charge >= 0.3 is 0 Å². The Bertz CT molecular complexity index is 323. The minimum absolute atomic E-state index is 0.422. The molecule has 0 aliphatic heterocycles. The lowest BCUT2D eigenvalue weighted by atomic mass is 9.89. The predicted molar refractivity (Wildman–Crippen MR) is 60.7 cm³/mol. The Morgan fingerprint density at radius 2 is 2.40 bits per heavy atom. The monoisotopic (exact) mass is 207 g/mol. The van der Waals surface area contributed by atoms with Crippen LogP contribution < -0.4 is 11.1 Å². The SMILES string of the molecule is CCOC1CC(Nc2cccnc2N)C1. The standard InChI is InChI=1S/C11H17N3O/c1-2-15-9-6-8(7-9)14-10-4-3-5-13-11(10)12/h3-5,8-9,14H,2,6-7H2,1H3,(H2,12,13). The van der Waals surface area contributed by atoms with E-state index in [2.05, 4.69) is 10.3 Å².